The van der Waals surface area contributed by atoms with Gasteiger partial charge in [0.25, 0.3) is 17.3 Å². The zero-order chi connectivity index (χ0) is 28.0. The number of H-pyrrole nitrogens is 1. The summed E-state index contributed by atoms with van der Waals surface area (Å²) in [6.45, 7) is 11.9. The summed E-state index contributed by atoms with van der Waals surface area (Å²) >= 11 is 13.1. The molecule has 1 unspecified atom stereocenters. The average molecular weight is 566 g/mol. The van der Waals surface area contributed by atoms with E-state index in [-0.39, 0.29) is 51.2 Å². The molecular formula is C27H33Cl2N3O6. The molecule has 1 fully saturated rings. The number of aryl methyl sites for hydroxylation is 2. The van der Waals surface area contributed by atoms with E-state index in [1.54, 1.807) is 18.7 Å². The van der Waals surface area contributed by atoms with E-state index in [0.717, 1.165) is 11.3 Å². The number of hydrogen-bond donors (Lipinski definition) is 2. The summed E-state index contributed by atoms with van der Waals surface area (Å²) < 4.78 is 17.9. The molecule has 11 heteroatoms. The van der Waals surface area contributed by atoms with Crippen molar-refractivity contribution < 1.29 is 23.8 Å². The second-order valence-corrected chi connectivity index (χ2v) is 11.8. The number of carbonyl (C=O) groups excluding carboxylic acids is 2. The number of benzene rings is 1. The lowest BCUT2D eigenvalue weighted by Gasteiger charge is -2.39. The number of amides is 2. The molecule has 0 saturated carbocycles. The van der Waals surface area contributed by atoms with Crippen molar-refractivity contribution in [3.05, 3.63) is 54.9 Å². The Labute approximate surface area is 231 Å². The Morgan fingerprint density at radius 3 is 2.39 bits per heavy atom. The molecule has 4 rings (SSSR count). The largest absolute Gasteiger partial charge is 0.447 e. The molecule has 0 radical (unpaired) electrons. The van der Waals surface area contributed by atoms with Gasteiger partial charge in [-0.15, -0.1) is 0 Å². The van der Waals surface area contributed by atoms with Crippen LogP contribution < -0.4 is 20.3 Å². The number of fused-ring (bicyclic) bond motifs is 1. The van der Waals surface area contributed by atoms with Crippen molar-refractivity contribution in [1.82, 2.24) is 15.2 Å². The van der Waals surface area contributed by atoms with Crippen LogP contribution in [0.3, 0.4) is 0 Å². The SMILES string of the molecule is Cc1cc(C)c(CNC(=O)c2cc(Cl)c3c(c2Cl)OC(C)(C2CCN(C(=O)OC(C)(C)C)CC2)O3)c(=O)[nH]1. The zero-order valence-electron chi connectivity index (χ0n) is 22.4. The summed E-state index contributed by atoms with van der Waals surface area (Å²) in [5.74, 6) is -1.16. The monoisotopic (exact) mass is 565 g/mol. The summed E-state index contributed by atoms with van der Waals surface area (Å²) in [6, 6.07) is 3.27. The number of pyridine rings is 1. The van der Waals surface area contributed by atoms with Gasteiger partial charge in [-0.2, -0.15) is 0 Å². The fourth-order valence-corrected chi connectivity index (χ4v) is 5.31. The molecule has 3 heterocycles. The van der Waals surface area contributed by atoms with Crippen molar-refractivity contribution in [3.8, 4) is 11.5 Å². The van der Waals surface area contributed by atoms with Gasteiger partial charge in [-0.05, 0) is 65.2 Å². The number of aromatic amines is 1. The van der Waals surface area contributed by atoms with E-state index in [4.69, 9.17) is 37.4 Å². The first-order valence-corrected chi connectivity index (χ1v) is 13.3. The molecule has 2 amide bonds. The van der Waals surface area contributed by atoms with Crippen molar-refractivity contribution in [2.75, 3.05) is 13.1 Å². The molecule has 2 N–H and O–H groups in total. The zero-order valence-corrected chi connectivity index (χ0v) is 23.9. The van der Waals surface area contributed by atoms with Crippen LogP contribution in [0.2, 0.25) is 10.0 Å². The van der Waals surface area contributed by atoms with Crippen molar-refractivity contribution in [2.45, 2.75) is 72.3 Å². The number of halogens is 2. The molecule has 1 aromatic carbocycles. The van der Waals surface area contributed by atoms with Crippen molar-refractivity contribution in [3.63, 3.8) is 0 Å². The Hall–Kier alpha value is -2.91. The van der Waals surface area contributed by atoms with E-state index in [0.29, 0.717) is 31.5 Å². The molecule has 9 nitrogen and oxygen atoms in total. The van der Waals surface area contributed by atoms with E-state index >= 15 is 0 Å². The van der Waals surface area contributed by atoms with Gasteiger partial charge in [0.15, 0.2) is 11.5 Å². The van der Waals surface area contributed by atoms with Gasteiger partial charge in [0.2, 0.25) is 0 Å². The number of likely N-dealkylation sites (tertiary alicyclic amines) is 1. The quantitative estimate of drug-likeness (QED) is 0.516. The van der Waals surface area contributed by atoms with Gasteiger partial charge in [-0.25, -0.2) is 4.79 Å². The maximum atomic E-state index is 13.0. The highest BCUT2D eigenvalue weighted by molar-refractivity contribution is 6.38. The second-order valence-electron chi connectivity index (χ2n) is 11.0. The maximum Gasteiger partial charge on any atom is 0.410 e. The van der Waals surface area contributed by atoms with E-state index in [1.807, 2.05) is 33.8 Å². The predicted octanol–water partition coefficient (Wildman–Crippen LogP) is 5.36. The average Bonchev–Trinajstić information content (AvgIpc) is 3.19. The first kappa shape index (κ1) is 28.1. The van der Waals surface area contributed by atoms with Gasteiger partial charge in [-0.1, -0.05) is 23.2 Å². The second kappa shape index (κ2) is 10.3. The number of carbonyl (C=O) groups is 2. The predicted molar refractivity (Wildman–Crippen MR) is 144 cm³/mol. The first-order valence-electron chi connectivity index (χ1n) is 12.5. The van der Waals surface area contributed by atoms with Crippen LogP contribution in [0, 0.1) is 19.8 Å². The van der Waals surface area contributed by atoms with Gasteiger partial charge in [-0.3, -0.25) is 9.59 Å². The van der Waals surface area contributed by atoms with Crippen molar-refractivity contribution in [1.29, 1.82) is 0 Å². The third-order valence-electron chi connectivity index (χ3n) is 6.79. The summed E-state index contributed by atoms with van der Waals surface area (Å²) in [7, 11) is 0. The summed E-state index contributed by atoms with van der Waals surface area (Å²) in [4.78, 5) is 42.2. The van der Waals surface area contributed by atoms with E-state index in [9.17, 15) is 14.4 Å². The summed E-state index contributed by atoms with van der Waals surface area (Å²) in [6.07, 6.45) is 0.898. The summed E-state index contributed by atoms with van der Waals surface area (Å²) in [5.41, 5.74) is 1.26. The highest BCUT2D eigenvalue weighted by Gasteiger charge is 2.48. The minimum absolute atomic E-state index is 0.0244. The number of aromatic nitrogens is 1. The first-order chi connectivity index (χ1) is 17.7. The topological polar surface area (TPSA) is 110 Å². The van der Waals surface area contributed by atoms with Crippen LogP contribution in [0.25, 0.3) is 0 Å². The van der Waals surface area contributed by atoms with Crippen molar-refractivity contribution >= 4 is 35.2 Å². The lowest BCUT2D eigenvalue weighted by Crippen LogP contribution is -2.50. The minimum Gasteiger partial charge on any atom is -0.447 e. The van der Waals surface area contributed by atoms with E-state index in [2.05, 4.69) is 10.3 Å². The van der Waals surface area contributed by atoms with Gasteiger partial charge in [0.05, 0.1) is 15.6 Å². The molecule has 1 atom stereocenters. The normalized spacial score (nSPS) is 19.4. The molecule has 206 valence electrons. The Bertz CT molecular complexity index is 1330. The van der Waals surface area contributed by atoms with Crippen LogP contribution in [-0.2, 0) is 11.3 Å². The molecule has 0 bridgehead atoms. The van der Waals surface area contributed by atoms with Crippen LogP contribution in [0.4, 0.5) is 4.79 Å². The van der Waals surface area contributed by atoms with E-state index in [1.165, 1.54) is 6.07 Å². The molecule has 1 aromatic heterocycles. The molecule has 0 spiro atoms. The third-order valence-corrected chi connectivity index (χ3v) is 7.45. The number of nitrogens with zero attached hydrogens (tertiary/aromatic N) is 1. The standard InChI is InChI=1S/C27H33Cl2N3O6/c1-14-11-15(2)31-24(34)18(14)13-30-23(33)17-12-19(28)21-22(20(17)29)37-27(6,36-21)16-7-9-32(10-8-16)25(35)38-26(3,4)5/h11-12,16H,7-10,13H2,1-6H3,(H,30,33)(H,31,34). The number of rotatable bonds is 4. The molecular weight excluding hydrogens is 533 g/mol. The highest BCUT2D eigenvalue weighted by atomic mass is 35.5. The fraction of sp³-hybridized carbons (Fsp3) is 0.519. The Balaban J connectivity index is 1.46. The lowest BCUT2D eigenvalue weighted by atomic mass is 9.89. The van der Waals surface area contributed by atoms with Crippen LogP contribution in [0.1, 0.15) is 67.7 Å². The lowest BCUT2D eigenvalue weighted by molar-refractivity contribution is -0.124. The Morgan fingerprint density at radius 1 is 1.16 bits per heavy atom. The summed E-state index contributed by atoms with van der Waals surface area (Å²) in [5, 5.41) is 3.01. The Kier molecular flexibility index (Phi) is 7.65. The number of piperidine rings is 1. The highest BCUT2D eigenvalue weighted by Crippen LogP contribution is 2.52. The number of ether oxygens (including phenoxy) is 3. The van der Waals surface area contributed by atoms with Crippen LogP contribution >= 0.6 is 23.2 Å². The molecule has 2 aromatic rings. The van der Waals surface area contributed by atoms with Crippen LogP contribution in [0.15, 0.2) is 16.9 Å². The molecule has 2 aliphatic rings. The van der Waals surface area contributed by atoms with Gasteiger partial charge < -0.3 is 29.4 Å². The smallest absolute Gasteiger partial charge is 0.410 e. The van der Waals surface area contributed by atoms with Crippen molar-refractivity contribution in [2.24, 2.45) is 5.92 Å². The molecule has 0 aliphatic carbocycles. The third kappa shape index (κ3) is 5.73. The molecule has 38 heavy (non-hydrogen) atoms. The Morgan fingerprint density at radius 2 is 1.79 bits per heavy atom. The number of nitrogens with one attached hydrogen (secondary N) is 2. The maximum absolute atomic E-state index is 13.0. The minimum atomic E-state index is -1.07. The van der Waals surface area contributed by atoms with Crippen LogP contribution in [-0.4, -0.2) is 46.4 Å². The van der Waals surface area contributed by atoms with Gasteiger partial charge >= 0.3 is 6.09 Å². The van der Waals surface area contributed by atoms with Crippen LogP contribution in [0.5, 0.6) is 11.5 Å². The molecule has 2 aliphatic heterocycles. The molecule has 1 saturated heterocycles. The van der Waals surface area contributed by atoms with Gasteiger partial charge in [0, 0.05) is 43.7 Å². The van der Waals surface area contributed by atoms with E-state index < -0.39 is 17.3 Å². The van der Waals surface area contributed by atoms with Gasteiger partial charge in [0.1, 0.15) is 5.60 Å². The number of hydrogen-bond acceptors (Lipinski definition) is 6. The fourth-order valence-electron chi connectivity index (χ4n) is 4.81.